The molecule has 1 atom stereocenters. The lowest BCUT2D eigenvalue weighted by molar-refractivity contribution is 0.0935. The summed E-state index contributed by atoms with van der Waals surface area (Å²) in [5.41, 5.74) is 1.80. The zero-order chi connectivity index (χ0) is 17.6. The number of fused-ring (bicyclic) bond motifs is 3. The van der Waals surface area contributed by atoms with E-state index in [9.17, 15) is 9.59 Å². The molecule has 0 saturated heterocycles. The van der Waals surface area contributed by atoms with E-state index in [0.717, 1.165) is 25.9 Å². The Labute approximate surface area is 153 Å². The Morgan fingerprint density at radius 1 is 1.36 bits per heavy atom. The first-order valence-corrected chi connectivity index (χ1v) is 9.90. The van der Waals surface area contributed by atoms with Gasteiger partial charge in [0.05, 0.1) is 18.7 Å². The van der Waals surface area contributed by atoms with E-state index in [1.807, 2.05) is 6.07 Å². The number of hydrogen-bond donors (Lipinski definition) is 2. The predicted octanol–water partition coefficient (Wildman–Crippen LogP) is 3.49. The SMILES string of the molecule is CCOC(=O)N1CCc2c(sc3c2C(=O)N[C@H](c2ccc(C)s2)N3)C1. The number of rotatable bonds is 2. The van der Waals surface area contributed by atoms with Gasteiger partial charge in [0, 0.05) is 21.2 Å². The van der Waals surface area contributed by atoms with Crippen molar-refractivity contribution in [1.82, 2.24) is 10.2 Å². The molecule has 0 radical (unpaired) electrons. The van der Waals surface area contributed by atoms with Gasteiger partial charge in [-0.3, -0.25) is 4.79 Å². The molecule has 25 heavy (non-hydrogen) atoms. The van der Waals surface area contributed by atoms with E-state index in [1.165, 1.54) is 4.88 Å². The van der Waals surface area contributed by atoms with Crippen LogP contribution in [0.15, 0.2) is 12.1 Å². The fourth-order valence-corrected chi connectivity index (χ4v) is 5.41. The minimum absolute atomic E-state index is 0.0353. The molecule has 2 amide bonds. The van der Waals surface area contributed by atoms with Crippen LogP contribution >= 0.6 is 22.7 Å². The first-order chi connectivity index (χ1) is 12.1. The maximum absolute atomic E-state index is 12.7. The highest BCUT2D eigenvalue weighted by Gasteiger charge is 2.34. The Balaban J connectivity index is 1.60. The number of amides is 2. The van der Waals surface area contributed by atoms with E-state index >= 15 is 0 Å². The molecule has 0 fully saturated rings. The van der Waals surface area contributed by atoms with Crippen LogP contribution in [0.5, 0.6) is 0 Å². The molecular formula is C17H19N3O3S2. The summed E-state index contributed by atoms with van der Waals surface area (Å²) >= 11 is 3.24. The highest BCUT2D eigenvalue weighted by molar-refractivity contribution is 7.17. The molecule has 0 bridgehead atoms. The quantitative estimate of drug-likeness (QED) is 0.840. The van der Waals surface area contributed by atoms with Gasteiger partial charge in [0.15, 0.2) is 0 Å². The molecule has 0 spiro atoms. The molecule has 4 rings (SSSR count). The third-order valence-corrected chi connectivity index (χ3v) is 6.62. The molecule has 6 nitrogen and oxygen atoms in total. The van der Waals surface area contributed by atoms with Crippen molar-refractivity contribution in [3.8, 4) is 0 Å². The van der Waals surface area contributed by atoms with Crippen molar-refractivity contribution < 1.29 is 14.3 Å². The van der Waals surface area contributed by atoms with Gasteiger partial charge < -0.3 is 20.3 Å². The fraction of sp³-hybridized carbons (Fsp3) is 0.412. The van der Waals surface area contributed by atoms with Gasteiger partial charge in [-0.15, -0.1) is 22.7 Å². The molecular weight excluding hydrogens is 358 g/mol. The van der Waals surface area contributed by atoms with Gasteiger partial charge in [-0.25, -0.2) is 4.79 Å². The van der Waals surface area contributed by atoms with Gasteiger partial charge in [-0.1, -0.05) is 0 Å². The smallest absolute Gasteiger partial charge is 0.410 e. The second-order valence-corrected chi connectivity index (χ2v) is 8.50. The summed E-state index contributed by atoms with van der Waals surface area (Å²) in [6.45, 7) is 5.31. The third-order valence-electron chi connectivity index (χ3n) is 4.41. The summed E-state index contributed by atoms with van der Waals surface area (Å²) in [7, 11) is 0. The summed E-state index contributed by atoms with van der Waals surface area (Å²) < 4.78 is 5.09. The number of nitrogens with one attached hydrogen (secondary N) is 2. The van der Waals surface area contributed by atoms with E-state index in [1.54, 1.807) is 34.5 Å². The van der Waals surface area contributed by atoms with Crippen molar-refractivity contribution in [3.63, 3.8) is 0 Å². The van der Waals surface area contributed by atoms with Gasteiger partial charge in [-0.2, -0.15) is 0 Å². The molecule has 2 aromatic rings. The molecule has 2 aliphatic heterocycles. The Hall–Kier alpha value is -2.06. The van der Waals surface area contributed by atoms with Crippen LogP contribution in [-0.2, 0) is 17.7 Å². The summed E-state index contributed by atoms with van der Waals surface area (Å²) in [4.78, 5) is 29.7. The lowest BCUT2D eigenvalue weighted by Gasteiger charge is -2.27. The molecule has 2 aromatic heterocycles. The first-order valence-electron chi connectivity index (χ1n) is 8.26. The second kappa shape index (κ2) is 6.34. The van der Waals surface area contributed by atoms with E-state index in [4.69, 9.17) is 4.74 Å². The molecule has 2 aliphatic rings. The Bertz CT molecular complexity index is 842. The zero-order valence-electron chi connectivity index (χ0n) is 14.0. The monoisotopic (exact) mass is 377 g/mol. The van der Waals surface area contributed by atoms with Crippen molar-refractivity contribution >= 4 is 39.7 Å². The van der Waals surface area contributed by atoms with Crippen molar-refractivity contribution in [2.24, 2.45) is 0 Å². The maximum atomic E-state index is 12.7. The first kappa shape index (κ1) is 16.4. The standard InChI is InChI=1S/C17H19N3O3S2/c1-3-23-17(22)20-7-6-10-12(8-20)25-16-13(10)15(21)18-14(19-16)11-5-4-9(2)24-11/h4-5,14,19H,3,6-8H2,1-2H3,(H,18,21)/t14-/m0/s1. The van der Waals surface area contributed by atoms with Crippen LogP contribution in [0.1, 0.15) is 43.6 Å². The van der Waals surface area contributed by atoms with Crippen molar-refractivity contribution in [1.29, 1.82) is 0 Å². The summed E-state index contributed by atoms with van der Waals surface area (Å²) in [5, 5.41) is 7.40. The summed E-state index contributed by atoms with van der Waals surface area (Å²) in [6.07, 6.45) is 0.196. The highest BCUT2D eigenvalue weighted by Crippen LogP contribution is 2.41. The van der Waals surface area contributed by atoms with E-state index < -0.39 is 0 Å². The molecule has 0 saturated carbocycles. The van der Waals surface area contributed by atoms with Gasteiger partial charge in [0.2, 0.25) is 0 Å². The van der Waals surface area contributed by atoms with Gasteiger partial charge >= 0.3 is 6.09 Å². The summed E-state index contributed by atoms with van der Waals surface area (Å²) in [5.74, 6) is -0.0353. The van der Waals surface area contributed by atoms with Crippen LogP contribution in [0.3, 0.4) is 0 Å². The molecule has 132 valence electrons. The van der Waals surface area contributed by atoms with Crippen LogP contribution in [0.4, 0.5) is 9.80 Å². The molecule has 2 N–H and O–H groups in total. The third kappa shape index (κ3) is 2.89. The number of hydrogen-bond acceptors (Lipinski definition) is 6. The molecule has 8 heteroatoms. The Morgan fingerprint density at radius 2 is 2.20 bits per heavy atom. The number of ether oxygens (including phenoxy) is 1. The average molecular weight is 377 g/mol. The fourth-order valence-electron chi connectivity index (χ4n) is 3.24. The topological polar surface area (TPSA) is 70.7 Å². The van der Waals surface area contributed by atoms with E-state index in [2.05, 4.69) is 23.6 Å². The minimum Gasteiger partial charge on any atom is -0.450 e. The highest BCUT2D eigenvalue weighted by atomic mass is 32.1. The number of aryl methyl sites for hydroxylation is 1. The van der Waals surface area contributed by atoms with E-state index in [-0.39, 0.29) is 18.2 Å². The number of anilines is 1. The minimum atomic E-state index is -0.288. The lowest BCUT2D eigenvalue weighted by Crippen LogP contribution is -2.39. The molecule has 0 unspecified atom stereocenters. The number of carbonyl (C=O) groups is 2. The largest absolute Gasteiger partial charge is 0.450 e. The normalized spacial score (nSPS) is 18.9. The average Bonchev–Trinajstić information content (AvgIpc) is 3.17. The van der Waals surface area contributed by atoms with Crippen molar-refractivity contribution in [3.05, 3.63) is 37.9 Å². The molecule has 4 heterocycles. The van der Waals surface area contributed by atoms with Gasteiger partial charge in [0.25, 0.3) is 5.91 Å². The van der Waals surface area contributed by atoms with Crippen molar-refractivity contribution in [2.75, 3.05) is 18.5 Å². The second-order valence-electron chi connectivity index (χ2n) is 6.08. The van der Waals surface area contributed by atoms with Crippen LogP contribution in [0.25, 0.3) is 0 Å². The number of thiophene rings is 2. The van der Waals surface area contributed by atoms with Crippen LogP contribution < -0.4 is 10.6 Å². The lowest BCUT2D eigenvalue weighted by atomic mass is 10.0. The maximum Gasteiger partial charge on any atom is 0.410 e. The Kier molecular flexibility index (Phi) is 4.16. The Morgan fingerprint density at radius 3 is 2.92 bits per heavy atom. The van der Waals surface area contributed by atoms with Crippen molar-refractivity contribution in [2.45, 2.75) is 33.0 Å². The summed E-state index contributed by atoms with van der Waals surface area (Å²) in [6, 6.07) is 4.10. The van der Waals surface area contributed by atoms with Gasteiger partial charge in [-0.05, 0) is 38.0 Å². The molecule has 0 aromatic carbocycles. The van der Waals surface area contributed by atoms with Crippen LogP contribution in [0.2, 0.25) is 0 Å². The number of nitrogens with zero attached hydrogens (tertiary/aromatic N) is 1. The van der Waals surface area contributed by atoms with Gasteiger partial charge in [0.1, 0.15) is 11.2 Å². The number of carbonyl (C=O) groups excluding carboxylic acids is 2. The van der Waals surface area contributed by atoms with Crippen LogP contribution in [0, 0.1) is 6.92 Å². The molecule has 0 aliphatic carbocycles. The van der Waals surface area contributed by atoms with Crippen LogP contribution in [-0.4, -0.2) is 30.1 Å². The van der Waals surface area contributed by atoms with E-state index in [0.29, 0.717) is 26.1 Å². The zero-order valence-corrected chi connectivity index (χ0v) is 15.7. The predicted molar refractivity (Wildman–Crippen MR) is 98.3 cm³/mol.